The van der Waals surface area contributed by atoms with E-state index < -0.39 is 11.1 Å². The zero-order valence-corrected chi connectivity index (χ0v) is 7.76. The molecule has 0 aromatic heterocycles. The summed E-state index contributed by atoms with van der Waals surface area (Å²) in [5, 5.41) is 1.67. The number of hydroxylamine groups is 2. The molecule has 0 saturated carbocycles. The van der Waals surface area contributed by atoms with Crippen molar-refractivity contribution in [3.8, 4) is 0 Å². The van der Waals surface area contributed by atoms with Crippen LogP contribution in [0.1, 0.15) is 13.3 Å². The molecule has 0 bridgehead atoms. The summed E-state index contributed by atoms with van der Waals surface area (Å²) in [5.41, 5.74) is 0. The fourth-order valence-corrected chi connectivity index (χ4v) is 1.07. The highest BCUT2D eigenvalue weighted by Gasteiger charge is 1.98. The average Bonchev–Trinajstić information content (AvgIpc) is 1.87. The Bertz CT molecular complexity index is 120. The van der Waals surface area contributed by atoms with Crippen molar-refractivity contribution in [3.05, 3.63) is 0 Å². The monoisotopic (exact) mass is 181 g/mol. The summed E-state index contributed by atoms with van der Waals surface area (Å²) < 4.78 is 18.6. The van der Waals surface area contributed by atoms with Crippen molar-refractivity contribution in [2.24, 2.45) is 0 Å². The molecular weight excluding hydrogens is 166 g/mol. The van der Waals surface area contributed by atoms with Crippen LogP contribution in [0.5, 0.6) is 0 Å². The summed E-state index contributed by atoms with van der Waals surface area (Å²) in [6.07, 6.45) is 0.680. The summed E-state index contributed by atoms with van der Waals surface area (Å²) in [7, 11) is 1.81. The first-order valence-electron chi connectivity index (χ1n) is 3.58. The van der Waals surface area contributed by atoms with Crippen molar-refractivity contribution in [2.75, 3.05) is 26.0 Å². The Kier molecular flexibility index (Phi) is 6.74. The molecule has 0 radical (unpaired) electrons. The van der Waals surface area contributed by atoms with Gasteiger partial charge in [0.2, 0.25) is 0 Å². The summed E-state index contributed by atoms with van der Waals surface area (Å²) in [5.74, 6) is 0.317. The molecule has 1 unspecified atom stereocenters. The Morgan fingerprint density at radius 1 is 1.64 bits per heavy atom. The Balaban J connectivity index is 3.16. The van der Waals surface area contributed by atoms with Crippen LogP contribution in [0.2, 0.25) is 0 Å². The van der Waals surface area contributed by atoms with Crippen molar-refractivity contribution in [1.29, 1.82) is 0 Å². The lowest BCUT2D eigenvalue weighted by Crippen LogP contribution is -2.21. The molecule has 1 atom stereocenters. The van der Waals surface area contributed by atoms with Gasteiger partial charge < -0.3 is 4.55 Å². The van der Waals surface area contributed by atoms with Crippen molar-refractivity contribution < 1.29 is 13.6 Å². The molecule has 68 valence electrons. The van der Waals surface area contributed by atoms with E-state index in [1.165, 1.54) is 0 Å². The van der Waals surface area contributed by atoms with E-state index >= 15 is 0 Å². The van der Waals surface area contributed by atoms with Crippen LogP contribution in [0.4, 0.5) is 0 Å². The molecule has 0 aromatic carbocycles. The van der Waals surface area contributed by atoms with E-state index in [0.29, 0.717) is 25.3 Å². The van der Waals surface area contributed by atoms with Crippen LogP contribution in [0.15, 0.2) is 0 Å². The first kappa shape index (κ1) is 11.0. The van der Waals surface area contributed by atoms with Crippen LogP contribution in [0, 0.1) is 0 Å². The van der Waals surface area contributed by atoms with E-state index in [0.717, 1.165) is 0 Å². The fraction of sp³-hybridized carbons (Fsp3) is 1.00. The predicted molar refractivity (Wildman–Crippen MR) is 44.5 cm³/mol. The van der Waals surface area contributed by atoms with Crippen LogP contribution >= 0.6 is 0 Å². The van der Waals surface area contributed by atoms with Crippen molar-refractivity contribution >= 4 is 11.1 Å². The Labute approximate surface area is 69.8 Å². The standard InChI is InChI=1S/C6H15NO3S/c1-3-10-7(2)5-4-6-11(8)9/h3-6H2,1-2H3,(H,8,9). The molecule has 0 aliphatic carbocycles. The van der Waals surface area contributed by atoms with Gasteiger partial charge in [0.15, 0.2) is 11.1 Å². The smallest absolute Gasteiger partial charge is 0.152 e. The lowest BCUT2D eigenvalue weighted by Gasteiger charge is -2.13. The van der Waals surface area contributed by atoms with E-state index in [-0.39, 0.29) is 0 Å². The highest BCUT2D eigenvalue weighted by molar-refractivity contribution is 7.79. The number of hydrogen-bond donors (Lipinski definition) is 1. The average molecular weight is 181 g/mol. The van der Waals surface area contributed by atoms with Gasteiger partial charge >= 0.3 is 0 Å². The third-order valence-electron chi connectivity index (χ3n) is 1.14. The van der Waals surface area contributed by atoms with Crippen molar-refractivity contribution in [1.82, 2.24) is 5.06 Å². The van der Waals surface area contributed by atoms with Gasteiger partial charge in [0.25, 0.3) is 0 Å². The number of rotatable bonds is 6. The Morgan fingerprint density at radius 2 is 2.27 bits per heavy atom. The molecule has 0 spiro atoms. The van der Waals surface area contributed by atoms with Crippen LogP contribution in [-0.4, -0.2) is 39.8 Å². The van der Waals surface area contributed by atoms with Gasteiger partial charge in [-0.15, -0.1) is 0 Å². The van der Waals surface area contributed by atoms with Gasteiger partial charge in [0.1, 0.15) is 0 Å². The summed E-state index contributed by atoms with van der Waals surface area (Å²) in [6.45, 7) is 3.24. The molecule has 11 heavy (non-hydrogen) atoms. The van der Waals surface area contributed by atoms with Crippen molar-refractivity contribution in [3.63, 3.8) is 0 Å². The van der Waals surface area contributed by atoms with Crippen LogP contribution in [-0.2, 0) is 15.9 Å². The maximum absolute atomic E-state index is 10.2. The molecule has 4 nitrogen and oxygen atoms in total. The molecule has 0 amide bonds. The quantitative estimate of drug-likeness (QED) is 0.478. The maximum Gasteiger partial charge on any atom is 0.152 e. The summed E-state index contributed by atoms with van der Waals surface area (Å²) in [4.78, 5) is 5.08. The first-order chi connectivity index (χ1) is 5.16. The van der Waals surface area contributed by atoms with Gasteiger partial charge in [-0.05, 0) is 13.3 Å². The summed E-state index contributed by atoms with van der Waals surface area (Å²) in [6, 6.07) is 0. The first-order valence-corrected chi connectivity index (χ1v) is 4.86. The second-order valence-corrected chi connectivity index (χ2v) is 3.20. The minimum atomic E-state index is -1.67. The molecule has 1 N–H and O–H groups in total. The predicted octanol–water partition coefficient (Wildman–Crippen LogP) is 0.481. The van der Waals surface area contributed by atoms with Gasteiger partial charge in [-0.2, -0.15) is 5.06 Å². The fourth-order valence-electron chi connectivity index (χ4n) is 0.696. The molecule has 0 aliphatic heterocycles. The number of nitrogens with zero attached hydrogens (tertiary/aromatic N) is 1. The van der Waals surface area contributed by atoms with Crippen LogP contribution in [0.25, 0.3) is 0 Å². The van der Waals surface area contributed by atoms with Gasteiger partial charge in [0.05, 0.1) is 12.4 Å². The Hall–Kier alpha value is 0.0300. The van der Waals surface area contributed by atoms with E-state index in [2.05, 4.69) is 0 Å². The van der Waals surface area contributed by atoms with E-state index in [1.807, 2.05) is 14.0 Å². The molecular formula is C6H15NO3S. The maximum atomic E-state index is 10.2. The third kappa shape index (κ3) is 7.93. The third-order valence-corrected chi connectivity index (χ3v) is 1.78. The van der Waals surface area contributed by atoms with E-state index in [9.17, 15) is 4.21 Å². The number of hydrogen-bond acceptors (Lipinski definition) is 3. The molecule has 0 aromatic rings. The highest BCUT2D eigenvalue weighted by atomic mass is 32.2. The van der Waals surface area contributed by atoms with Gasteiger partial charge in [0, 0.05) is 13.6 Å². The summed E-state index contributed by atoms with van der Waals surface area (Å²) >= 11 is -1.67. The topological polar surface area (TPSA) is 49.8 Å². The molecule has 0 saturated heterocycles. The van der Waals surface area contributed by atoms with Gasteiger partial charge in [-0.1, -0.05) is 0 Å². The van der Waals surface area contributed by atoms with Crippen LogP contribution in [0.3, 0.4) is 0 Å². The largest absolute Gasteiger partial charge is 0.306 e. The normalized spacial score (nSPS) is 13.8. The minimum Gasteiger partial charge on any atom is -0.306 e. The van der Waals surface area contributed by atoms with Gasteiger partial charge in [-0.25, -0.2) is 4.21 Å². The lowest BCUT2D eigenvalue weighted by molar-refractivity contribution is -0.134. The van der Waals surface area contributed by atoms with Crippen LogP contribution < -0.4 is 0 Å². The van der Waals surface area contributed by atoms with E-state index in [4.69, 9.17) is 9.39 Å². The molecule has 0 aliphatic rings. The Morgan fingerprint density at radius 3 is 2.73 bits per heavy atom. The molecule has 0 rings (SSSR count). The van der Waals surface area contributed by atoms with Gasteiger partial charge in [-0.3, -0.25) is 4.84 Å². The van der Waals surface area contributed by atoms with E-state index in [1.54, 1.807) is 5.06 Å². The highest BCUT2D eigenvalue weighted by Crippen LogP contribution is 1.89. The minimum absolute atomic E-state index is 0.317. The molecule has 5 heteroatoms. The zero-order valence-electron chi connectivity index (χ0n) is 6.95. The lowest BCUT2D eigenvalue weighted by atomic mass is 10.5. The SMILES string of the molecule is CCON(C)CCCS(=O)O. The molecule has 0 fully saturated rings. The second kappa shape index (κ2) is 6.72. The zero-order chi connectivity index (χ0) is 8.69. The molecule has 0 heterocycles. The van der Waals surface area contributed by atoms with Crippen molar-refractivity contribution in [2.45, 2.75) is 13.3 Å². The second-order valence-electron chi connectivity index (χ2n) is 2.15.